The van der Waals surface area contributed by atoms with E-state index in [0.717, 1.165) is 43.4 Å². The van der Waals surface area contributed by atoms with Crippen molar-refractivity contribution in [3.8, 4) is 23.4 Å². The molecule has 2 aliphatic rings. The van der Waals surface area contributed by atoms with Gasteiger partial charge in [-0.1, -0.05) is 12.1 Å². The Labute approximate surface area is 181 Å². The zero-order valence-electron chi connectivity index (χ0n) is 17.8. The van der Waals surface area contributed by atoms with Crippen molar-refractivity contribution in [2.75, 3.05) is 6.61 Å². The van der Waals surface area contributed by atoms with E-state index in [9.17, 15) is 4.79 Å². The lowest BCUT2D eigenvalue weighted by atomic mass is 9.93. The van der Waals surface area contributed by atoms with Crippen LogP contribution in [0.2, 0.25) is 0 Å². The summed E-state index contributed by atoms with van der Waals surface area (Å²) >= 11 is 0. The Morgan fingerprint density at radius 1 is 1.26 bits per heavy atom. The molecule has 1 aliphatic carbocycles. The maximum atomic E-state index is 12.4. The smallest absolute Gasteiger partial charge is 0.258 e. The lowest BCUT2D eigenvalue weighted by Gasteiger charge is -2.29. The van der Waals surface area contributed by atoms with Gasteiger partial charge in [0, 0.05) is 30.4 Å². The molecule has 162 valence electrons. The topological polar surface area (TPSA) is 106 Å². The Bertz CT molecular complexity index is 993. The van der Waals surface area contributed by atoms with Gasteiger partial charge in [-0.3, -0.25) is 4.79 Å². The Hall–Kier alpha value is -3.34. The van der Waals surface area contributed by atoms with Gasteiger partial charge in [0.2, 0.25) is 5.69 Å². The molecule has 0 unspecified atom stereocenters. The fourth-order valence-electron chi connectivity index (χ4n) is 4.08. The standard InChI is InChI=1S/C23H26N4O4/c1-23(2)12-15-4-3-5-19(21(15)31-23)29-14-20(28)27-16-6-8-17(9-7-16)30-22-18(13-24)25-10-11-26-22/h3-5,10-11,16-17H,6-9,12,14H2,1-2H3,(H,27,28). The fraction of sp³-hybridized carbons (Fsp3) is 0.478. The molecule has 0 saturated heterocycles. The highest BCUT2D eigenvalue weighted by molar-refractivity contribution is 5.78. The number of nitrogens with zero attached hydrogens (tertiary/aromatic N) is 3. The summed E-state index contributed by atoms with van der Waals surface area (Å²) < 4.78 is 17.6. The van der Waals surface area contributed by atoms with E-state index in [1.165, 1.54) is 12.4 Å². The highest BCUT2D eigenvalue weighted by Gasteiger charge is 2.32. The van der Waals surface area contributed by atoms with Crippen molar-refractivity contribution in [3.63, 3.8) is 0 Å². The summed E-state index contributed by atoms with van der Waals surface area (Å²) in [7, 11) is 0. The number of amides is 1. The molecule has 1 aromatic carbocycles. The molecule has 8 nitrogen and oxygen atoms in total. The van der Waals surface area contributed by atoms with Gasteiger partial charge in [-0.2, -0.15) is 5.26 Å². The van der Waals surface area contributed by atoms with E-state index in [2.05, 4.69) is 15.3 Å². The number of carbonyl (C=O) groups is 1. The highest BCUT2D eigenvalue weighted by atomic mass is 16.5. The summed E-state index contributed by atoms with van der Waals surface area (Å²) in [5.74, 6) is 1.46. The number of benzene rings is 1. The molecule has 1 aromatic heterocycles. The van der Waals surface area contributed by atoms with Crippen molar-refractivity contribution in [1.82, 2.24) is 15.3 Å². The van der Waals surface area contributed by atoms with Crippen molar-refractivity contribution in [3.05, 3.63) is 41.9 Å². The number of hydrogen-bond acceptors (Lipinski definition) is 7. The number of fused-ring (bicyclic) bond motifs is 1. The lowest BCUT2D eigenvalue weighted by molar-refractivity contribution is -0.124. The number of ether oxygens (including phenoxy) is 3. The van der Waals surface area contributed by atoms with Gasteiger partial charge < -0.3 is 19.5 Å². The molecule has 0 atom stereocenters. The van der Waals surface area contributed by atoms with E-state index in [1.807, 2.05) is 38.1 Å². The van der Waals surface area contributed by atoms with Gasteiger partial charge in [-0.05, 0) is 45.6 Å². The van der Waals surface area contributed by atoms with Gasteiger partial charge in [-0.25, -0.2) is 9.97 Å². The minimum Gasteiger partial charge on any atom is -0.483 e. The maximum Gasteiger partial charge on any atom is 0.258 e. The SMILES string of the molecule is CC1(C)Cc2cccc(OCC(=O)NC3CCC(Oc4nccnc4C#N)CC3)c2O1. The molecule has 0 radical (unpaired) electrons. The van der Waals surface area contributed by atoms with Crippen molar-refractivity contribution < 1.29 is 19.0 Å². The van der Waals surface area contributed by atoms with E-state index in [-0.39, 0.29) is 41.8 Å². The monoisotopic (exact) mass is 422 g/mol. The minimum absolute atomic E-state index is 0.0411. The third-order valence-electron chi connectivity index (χ3n) is 5.50. The summed E-state index contributed by atoms with van der Waals surface area (Å²) in [6.07, 6.45) is 6.87. The third kappa shape index (κ3) is 5.05. The molecule has 8 heteroatoms. The van der Waals surface area contributed by atoms with Crippen LogP contribution in [0.25, 0.3) is 0 Å². The quantitative estimate of drug-likeness (QED) is 0.763. The van der Waals surface area contributed by atoms with E-state index < -0.39 is 0 Å². The summed E-state index contributed by atoms with van der Waals surface area (Å²) in [5.41, 5.74) is 1.03. The van der Waals surface area contributed by atoms with Crippen LogP contribution in [0.5, 0.6) is 17.4 Å². The summed E-state index contributed by atoms with van der Waals surface area (Å²) in [6.45, 7) is 4.02. The third-order valence-corrected chi connectivity index (χ3v) is 5.50. The van der Waals surface area contributed by atoms with Crippen LogP contribution in [0.4, 0.5) is 0 Å². The molecule has 1 saturated carbocycles. The van der Waals surface area contributed by atoms with Crippen LogP contribution in [0, 0.1) is 11.3 Å². The van der Waals surface area contributed by atoms with Crippen molar-refractivity contribution in [1.29, 1.82) is 5.26 Å². The largest absolute Gasteiger partial charge is 0.483 e. The van der Waals surface area contributed by atoms with Crippen LogP contribution in [0.15, 0.2) is 30.6 Å². The number of nitrogens with one attached hydrogen (secondary N) is 1. The van der Waals surface area contributed by atoms with E-state index in [1.54, 1.807) is 0 Å². The van der Waals surface area contributed by atoms with Crippen molar-refractivity contribution in [2.24, 2.45) is 0 Å². The molecule has 0 bridgehead atoms. The number of carbonyl (C=O) groups excluding carboxylic acids is 1. The van der Waals surface area contributed by atoms with Crippen LogP contribution in [-0.2, 0) is 11.2 Å². The minimum atomic E-state index is -0.260. The Morgan fingerprint density at radius 2 is 2.03 bits per heavy atom. The number of nitriles is 1. The first-order valence-electron chi connectivity index (χ1n) is 10.5. The molecule has 1 amide bonds. The normalized spacial score (nSPS) is 21.3. The average Bonchev–Trinajstić information content (AvgIpc) is 3.08. The second kappa shape index (κ2) is 8.80. The first kappa shape index (κ1) is 20.9. The predicted molar refractivity (Wildman–Crippen MR) is 112 cm³/mol. The van der Waals surface area contributed by atoms with Gasteiger partial charge in [0.05, 0.1) is 0 Å². The molecular formula is C23H26N4O4. The van der Waals surface area contributed by atoms with Gasteiger partial charge in [0.1, 0.15) is 17.8 Å². The van der Waals surface area contributed by atoms with Crippen LogP contribution in [-0.4, -0.2) is 40.2 Å². The Kier molecular flexibility index (Phi) is 5.94. The molecule has 0 spiro atoms. The molecule has 1 fully saturated rings. The predicted octanol–water partition coefficient (Wildman–Crippen LogP) is 2.95. The molecular weight excluding hydrogens is 396 g/mol. The molecule has 4 rings (SSSR count). The second-order valence-electron chi connectivity index (χ2n) is 8.55. The summed E-state index contributed by atoms with van der Waals surface area (Å²) in [4.78, 5) is 20.5. The molecule has 1 aliphatic heterocycles. The van der Waals surface area contributed by atoms with E-state index in [0.29, 0.717) is 5.75 Å². The maximum absolute atomic E-state index is 12.4. The molecule has 2 heterocycles. The fourth-order valence-corrected chi connectivity index (χ4v) is 4.08. The van der Waals surface area contributed by atoms with Gasteiger partial charge in [-0.15, -0.1) is 0 Å². The van der Waals surface area contributed by atoms with E-state index in [4.69, 9.17) is 19.5 Å². The summed E-state index contributed by atoms with van der Waals surface area (Å²) in [6, 6.07) is 7.84. The highest BCUT2D eigenvalue weighted by Crippen LogP contribution is 2.41. The van der Waals surface area contributed by atoms with Crippen LogP contribution in [0.1, 0.15) is 50.8 Å². The van der Waals surface area contributed by atoms with Gasteiger partial charge >= 0.3 is 0 Å². The number of aromatic nitrogens is 2. The Morgan fingerprint density at radius 3 is 2.81 bits per heavy atom. The van der Waals surface area contributed by atoms with Gasteiger partial charge in [0.15, 0.2) is 18.1 Å². The molecule has 2 aromatic rings. The van der Waals surface area contributed by atoms with Crippen LogP contribution < -0.4 is 19.5 Å². The average molecular weight is 422 g/mol. The Balaban J connectivity index is 1.23. The van der Waals surface area contributed by atoms with Gasteiger partial charge in [0.25, 0.3) is 11.8 Å². The number of rotatable bonds is 6. The number of hydrogen-bond donors (Lipinski definition) is 1. The first-order valence-corrected chi connectivity index (χ1v) is 10.5. The van der Waals surface area contributed by atoms with Crippen molar-refractivity contribution >= 4 is 5.91 Å². The first-order chi connectivity index (χ1) is 14.9. The number of para-hydroxylation sites is 1. The second-order valence-corrected chi connectivity index (χ2v) is 8.55. The summed E-state index contributed by atoms with van der Waals surface area (Å²) in [5, 5.41) is 12.1. The van der Waals surface area contributed by atoms with Crippen molar-refractivity contribution in [2.45, 2.75) is 63.7 Å². The lowest BCUT2D eigenvalue weighted by Crippen LogP contribution is -2.41. The molecule has 1 N–H and O–H groups in total. The zero-order valence-corrected chi connectivity index (χ0v) is 17.8. The zero-order chi connectivity index (χ0) is 21.8. The van der Waals surface area contributed by atoms with E-state index >= 15 is 0 Å². The van der Waals surface area contributed by atoms with Crippen LogP contribution in [0.3, 0.4) is 0 Å². The van der Waals surface area contributed by atoms with Crippen LogP contribution >= 0.6 is 0 Å². The molecule has 31 heavy (non-hydrogen) atoms.